The molecular weight excluding hydrogens is 390 g/mol. The number of likely N-dealkylation sites (N-methyl/N-ethyl adjacent to an activating group) is 1. The number of carbonyl (C=O) groups is 1. The zero-order chi connectivity index (χ0) is 18.7. The fourth-order valence-electron chi connectivity index (χ4n) is 3.23. The molecule has 0 spiro atoms. The van der Waals surface area contributed by atoms with Crippen LogP contribution in [0.15, 0.2) is 46.9 Å². The summed E-state index contributed by atoms with van der Waals surface area (Å²) in [6.07, 6.45) is 0. The third kappa shape index (κ3) is 4.46. The van der Waals surface area contributed by atoms with Crippen molar-refractivity contribution in [1.82, 2.24) is 10.2 Å². The highest BCUT2D eigenvalue weighted by atomic mass is 79.9. The summed E-state index contributed by atoms with van der Waals surface area (Å²) in [5.41, 5.74) is 3.98. The van der Waals surface area contributed by atoms with E-state index in [9.17, 15) is 4.79 Å². The zero-order valence-electron chi connectivity index (χ0n) is 15.6. The van der Waals surface area contributed by atoms with Crippen LogP contribution in [0, 0.1) is 6.92 Å². The summed E-state index contributed by atoms with van der Waals surface area (Å²) in [6, 6.07) is 14.2. The summed E-state index contributed by atoms with van der Waals surface area (Å²) in [5.74, 6) is -0.0195. The van der Waals surface area contributed by atoms with Crippen molar-refractivity contribution < 1.29 is 4.79 Å². The van der Waals surface area contributed by atoms with Crippen molar-refractivity contribution in [3.05, 3.63) is 63.6 Å². The number of nitrogens with zero attached hydrogens (tertiary/aromatic N) is 2. The van der Waals surface area contributed by atoms with Crippen molar-refractivity contribution in [2.45, 2.75) is 19.9 Å². The summed E-state index contributed by atoms with van der Waals surface area (Å²) in [7, 11) is 2.15. The van der Waals surface area contributed by atoms with Gasteiger partial charge in [-0.05, 0) is 56.3 Å². The van der Waals surface area contributed by atoms with Crippen molar-refractivity contribution in [3.8, 4) is 0 Å². The molecule has 0 saturated carbocycles. The third-order valence-electron chi connectivity index (χ3n) is 5.05. The van der Waals surface area contributed by atoms with Gasteiger partial charge in [-0.2, -0.15) is 0 Å². The van der Waals surface area contributed by atoms with Gasteiger partial charge in [0.15, 0.2) is 0 Å². The molecule has 3 rings (SSSR count). The van der Waals surface area contributed by atoms with E-state index in [1.54, 1.807) is 0 Å². The lowest BCUT2D eigenvalue weighted by Crippen LogP contribution is -2.44. The highest BCUT2D eigenvalue weighted by Crippen LogP contribution is 2.22. The fourth-order valence-corrected chi connectivity index (χ4v) is 3.49. The smallest absolute Gasteiger partial charge is 0.252 e. The van der Waals surface area contributed by atoms with Crippen LogP contribution in [-0.4, -0.2) is 44.0 Å². The van der Waals surface area contributed by atoms with E-state index < -0.39 is 0 Å². The van der Waals surface area contributed by atoms with Gasteiger partial charge in [-0.3, -0.25) is 4.79 Å². The third-order valence-corrected chi connectivity index (χ3v) is 5.58. The van der Waals surface area contributed by atoms with E-state index in [2.05, 4.69) is 44.2 Å². The minimum Gasteiger partial charge on any atom is -0.369 e. The molecule has 0 bridgehead atoms. The van der Waals surface area contributed by atoms with Gasteiger partial charge in [0.05, 0.1) is 6.04 Å². The first-order chi connectivity index (χ1) is 12.4. The molecule has 1 amide bonds. The molecule has 1 N–H and O–H groups in total. The van der Waals surface area contributed by atoms with Gasteiger partial charge in [-0.15, -0.1) is 0 Å². The van der Waals surface area contributed by atoms with Crippen LogP contribution in [0.5, 0.6) is 0 Å². The lowest BCUT2D eigenvalue weighted by Gasteiger charge is -2.34. The first-order valence-electron chi connectivity index (χ1n) is 9.04. The zero-order valence-corrected chi connectivity index (χ0v) is 17.2. The van der Waals surface area contributed by atoms with Crippen LogP contribution in [0.2, 0.25) is 0 Å². The maximum absolute atomic E-state index is 12.9. The van der Waals surface area contributed by atoms with Crippen LogP contribution in [-0.2, 0) is 0 Å². The standard InChI is InChI=1S/C21H26BrN3O/c1-15-4-9-19(25-12-10-24(3)11-13-25)14-20(15)21(26)23-16(2)17-5-7-18(22)8-6-17/h4-9,14,16H,10-13H2,1-3H3,(H,23,26)/t16-/m1/s1. The number of carbonyl (C=O) groups excluding carboxylic acids is 1. The average Bonchev–Trinajstić information content (AvgIpc) is 2.63. The van der Waals surface area contributed by atoms with Crippen molar-refractivity contribution in [2.75, 3.05) is 38.1 Å². The first-order valence-corrected chi connectivity index (χ1v) is 9.84. The molecule has 0 aliphatic carbocycles. The summed E-state index contributed by atoms with van der Waals surface area (Å²) >= 11 is 3.45. The summed E-state index contributed by atoms with van der Waals surface area (Å²) in [5, 5.41) is 3.13. The molecule has 0 radical (unpaired) electrons. The van der Waals surface area contributed by atoms with Crippen LogP contribution >= 0.6 is 15.9 Å². The Labute approximate surface area is 164 Å². The van der Waals surface area contributed by atoms with E-state index in [4.69, 9.17) is 0 Å². The van der Waals surface area contributed by atoms with E-state index in [1.807, 2.05) is 50.2 Å². The van der Waals surface area contributed by atoms with Crippen LogP contribution in [0.3, 0.4) is 0 Å². The molecule has 0 unspecified atom stereocenters. The highest BCUT2D eigenvalue weighted by Gasteiger charge is 2.18. The maximum atomic E-state index is 12.9. The minimum absolute atomic E-state index is 0.0195. The number of benzene rings is 2. The van der Waals surface area contributed by atoms with Crippen molar-refractivity contribution in [2.24, 2.45) is 0 Å². The lowest BCUT2D eigenvalue weighted by molar-refractivity contribution is 0.0939. The molecule has 1 heterocycles. The van der Waals surface area contributed by atoms with Gasteiger partial charge >= 0.3 is 0 Å². The molecule has 1 fully saturated rings. The Morgan fingerprint density at radius 1 is 1.08 bits per heavy atom. The summed E-state index contributed by atoms with van der Waals surface area (Å²) in [4.78, 5) is 17.5. The molecule has 2 aromatic rings. The number of halogens is 1. The normalized spacial score (nSPS) is 16.4. The molecule has 1 aliphatic rings. The Morgan fingerprint density at radius 2 is 1.73 bits per heavy atom. The predicted octanol–water partition coefficient (Wildman–Crippen LogP) is 4.00. The molecular formula is C21H26BrN3O. The molecule has 138 valence electrons. The Balaban J connectivity index is 1.74. The second-order valence-electron chi connectivity index (χ2n) is 7.04. The van der Waals surface area contributed by atoms with E-state index >= 15 is 0 Å². The minimum atomic E-state index is -0.0395. The number of rotatable bonds is 4. The van der Waals surface area contributed by atoms with Crippen molar-refractivity contribution in [1.29, 1.82) is 0 Å². The second-order valence-corrected chi connectivity index (χ2v) is 7.95. The topological polar surface area (TPSA) is 35.6 Å². The van der Waals surface area contributed by atoms with Gasteiger partial charge in [0.1, 0.15) is 0 Å². The number of hydrogen-bond donors (Lipinski definition) is 1. The molecule has 1 aliphatic heterocycles. The molecule has 4 nitrogen and oxygen atoms in total. The predicted molar refractivity (Wildman–Crippen MR) is 111 cm³/mol. The summed E-state index contributed by atoms with van der Waals surface area (Å²) in [6.45, 7) is 8.10. The van der Waals surface area contributed by atoms with Gasteiger partial charge in [-0.1, -0.05) is 34.1 Å². The van der Waals surface area contributed by atoms with Crippen molar-refractivity contribution >= 4 is 27.5 Å². The number of nitrogens with one attached hydrogen (secondary N) is 1. The number of piperazine rings is 1. The number of aryl methyl sites for hydroxylation is 1. The Kier molecular flexibility index (Phi) is 5.99. The van der Waals surface area contributed by atoms with Gasteiger partial charge in [0.25, 0.3) is 5.91 Å². The van der Waals surface area contributed by atoms with Gasteiger partial charge < -0.3 is 15.1 Å². The van der Waals surface area contributed by atoms with Gasteiger partial charge in [-0.25, -0.2) is 0 Å². The molecule has 0 aromatic heterocycles. The van der Waals surface area contributed by atoms with Crippen molar-refractivity contribution in [3.63, 3.8) is 0 Å². The fraction of sp³-hybridized carbons (Fsp3) is 0.381. The van der Waals surface area contributed by atoms with E-state index in [0.29, 0.717) is 0 Å². The quantitative estimate of drug-likeness (QED) is 0.819. The molecule has 26 heavy (non-hydrogen) atoms. The Bertz CT molecular complexity index is 767. The van der Waals surface area contributed by atoms with E-state index in [1.165, 1.54) is 0 Å². The number of anilines is 1. The lowest BCUT2D eigenvalue weighted by atomic mass is 10.0. The largest absolute Gasteiger partial charge is 0.369 e. The maximum Gasteiger partial charge on any atom is 0.252 e. The summed E-state index contributed by atoms with van der Waals surface area (Å²) < 4.78 is 1.04. The van der Waals surface area contributed by atoms with Gasteiger partial charge in [0.2, 0.25) is 0 Å². The van der Waals surface area contributed by atoms with Gasteiger partial charge in [0, 0.05) is 41.9 Å². The Hall–Kier alpha value is -1.85. The highest BCUT2D eigenvalue weighted by molar-refractivity contribution is 9.10. The van der Waals surface area contributed by atoms with Crippen LogP contribution < -0.4 is 10.2 Å². The first kappa shape index (κ1) is 18.9. The Morgan fingerprint density at radius 3 is 2.38 bits per heavy atom. The van der Waals surface area contributed by atoms with Crippen LogP contribution in [0.4, 0.5) is 5.69 Å². The van der Waals surface area contributed by atoms with E-state index in [0.717, 1.165) is 53.0 Å². The number of hydrogen-bond acceptors (Lipinski definition) is 3. The molecule has 2 aromatic carbocycles. The second kappa shape index (κ2) is 8.23. The van der Waals surface area contributed by atoms with Crippen LogP contribution in [0.25, 0.3) is 0 Å². The van der Waals surface area contributed by atoms with E-state index in [-0.39, 0.29) is 11.9 Å². The van der Waals surface area contributed by atoms with Crippen LogP contribution in [0.1, 0.15) is 34.5 Å². The molecule has 1 atom stereocenters. The SMILES string of the molecule is Cc1ccc(N2CCN(C)CC2)cc1C(=O)N[C@H](C)c1ccc(Br)cc1. The molecule has 1 saturated heterocycles. The molecule has 5 heteroatoms. The monoisotopic (exact) mass is 415 g/mol. The average molecular weight is 416 g/mol. The number of amides is 1.